The Morgan fingerprint density at radius 1 is 0.414 bits per heavy atom. The van der Waals surface area contributed by atoms with Crippen molar-refractivity contribution >= 4 is 11.6 Å². The Labute approximate surface area is 170 Å². The summed E-state index contributed by atoms with van der Waals surface area (Å²) in [5, 5.41) is 0. The molecule has 0 saturated carbocycles. The standard InChI is InChI=1S/C27H20O2/c28-25(21-13-5-1-6-14-21)27(23-17-9-3-10-18-23,24-19-11-4-12-20-24)26(29)22-15-7-2-8-16-22/h1-20H. The first-order valence-corrected chi connectivity index (χ1v) is 9.55. The maximum atomic E-state index is 14.1. The number of carbonyl (C=O) groups excluding carboxylic acids is 2. The maximum absolute atomic E-state index is 14.1. The Balaban J connectivity index is 2.06. The van der Waals surface area contributed by atoms with Gasteiger partial charge in [0.05, 0.1) is 0 Å². The number of hydrogen-bond donors (Lipinski definition) is 0. The van der Waals surface area contributed by atoms with Gasteiger partial charge in [0.25, 0.3) is 0 Å². The topological polar surface area (TPSA) is 34.1 Å². The molecular weight excluding hydrogens is 356 g/mol. The van der Waals surface area contributed by atoms with Crippen LogP contribution in [0.1, 0.15) is 31.8 Å². The fraction of sp³-hybridized carbons (Fsp3) is 0.0370. The van der Waals surface area contributed by atoms with Gasteiger partial charge in [0.1, 0.15) is 5.41 Å². The van der Waals surface area contributed by atoms with Crippen LogP contribution in [0.4, 0.5) is 0 Å². The third-order valence-corrected chi connectivity index (χ3v) is 5.17. The molecule has 0 aliphatic heterocycles. The second-order valence-electron chi connectivity index (χ2n) is 6.87. The van der Waals surface area contributed by atoms with Gasteiger partial charge in [-0.2, -0.15) is 0 Å². The number of rotatable bonds is 6. The third kappa shape index (κ3) is 3.30. The second kappa shape index (κ2) is 8.07. The Morgan fingerprint density at radius 3 is 1.00 bits per heavy atom. The van der Waals surface area contributed by atoms with Crippen LogP contribution in [-0.2, 0) is 5.41 Å². The molecule has 0 amide bonds. The van der Waals surface area contributed by atoms with Gasteiger partial charge >= 0.3 is 0 Å². The summed E-state index contributed by atoms with van der Waals surface area (Å²) in [6, 6.07) is 36.7. The molecule has 29 heavy (non-hydrogen) atoms. The molecule has 0 radical (unpaired) electrons. The number of carbonyl (C=O) groups is 2. The van der Waals surface area contributed by atoms with Crippen LogP contribution in [0, 0.1) is 0 Å². The molecule has 0 spiro atoms. The van der Waals surface area contributed by atoms with Gasteiger partial charge in [-0.25, -0.2) is 0 Å². The summed E-state index contributed by atoms with van der Waals surface area (Å²) < 4.78 is 0. The minimum absolute atomic E-state index is 0.232. The summed E-state index contributed by atoms with van der Waals surface area (Å²) in [6.07, 6.45) is 0. The number of Topliss-reactive ketones (excluding diaryl/α,β-unsaturated/α-hetero) is 2. The van der Waals surface area contributed by atoms with E-state index in [4.69, 9.17) is 0 Å². The average molecular weight is 376 g/mol. The molecule has 4 aromatic carbocycles. The van der Waals surface area contributed by atoms with Crippen LogP contribution >= 0.6 is 0 Å². The smallest absolute Gasteiger partial charge is 0.185 e. The van der Waals surface area contributed by atoms with Gasteiger partial charge in [-0.1, -0.05) is 121 Å². The van der Waals surface area contributed by atoms with Crippen LogP contribution in [0.25, 0.3) is 0 Å². The van der Waals surface area contributed by atoms with E-state index >= 15 is 0 Å². The van der Waals surface area contributed by atoms with Gasteiger partial charge in [-0.05, 0) is 11.1 Å². The van der Waals surface area contributed by atoms with Crippen molar-refractivity contribution in [1.29, 1.82) is 0 Å². The molecule has 4 rings (SSSR count). The number of hydrogen-bond acceptors (Lipinski definition) is 2. The van der Waals surface area contributed by atoms with E-state index in [-0.39, 0.29) is 11.6 Å². The normalized spacial score (nSPS) is 11.0. The van der Waals surface area contributed by atoms with Crippen LogP contribution in [0.5, 0.6) is 0 Å². The van der Waals surface area contributed by atoms with E-state index in [1.807, 2.05) is 97.1 Å². The zero-order valence-corrected chi connectivity index (χ0v) is 15.9. The largest absolute Gasteiger partial charge is 0.292 e. The number of ketones is 2. The molecule has 0 heterocycles. The quantitative estimate of drug-likeness (QED) is 0.318. The molecule has 2 heteroatoms. The average Bonchev–Trinajstić information content (AvgIpc) is 2.82. The Morgan fingerprint density at radius 2 is 0.690 bits per heavy atom. The van der Waals surface area contributed by atoms with Crippen molar-refractivity contribution in [3.63, 3.8) is 0 Å². The van der Waals surface area contributed by atoms with E-state index in [9.17, 15) is 9.59 Å². The molecule has 0 fully saturated rings. The van der Waals surface area contributed by atoms with Crippen molar-refractivity contribution in [2.24, 2.45) is 0 Å². The molecular formula is C27H20O2. The van der Waals surface area contributed by atoms with Crippen LogP contribution in [0.3, 0.4) is 0 Å². The van der Waals surface area contributed by atoms with Crippen molar-refractivity contribution in [1.82, 2.24) is 0 Å². The van der Waals surface area contributed by atoms with E-state index < -0.39 is 5.41 Å². The molecule has 140 valence electrons. The summed E-state index contributed by atoms with van der Waals surface area (Å²) >= 11 is 0. The highest BCUT2D eigenvalue weighted by Gasteiger charge is 2.49. The van der Waals surface area contributed by atoms with Crippen molar-refractivity contribution in [3.8, 4) is 0 Å². The van der Waals surface area contributed by atoms with Crippen molar-refractivity contribution in [2.75, 3.05) is 0 Å². The molecule has 0 unspecified atom stereocenters. The minimum Gasteiger partial charge on any atom is -0.292 e. The molecule has 0 saturated heterocycles. The lowest BCUT2D eigenvalue weighted by atomic mass is 9.65. The van der Waals surface area contributed by atoms with Gasteiger partial charge in [-0.3, -0.25) is 9.59 Å². The molecule has 0 atom stereocenters. The van der Waals surface area contributed by atoms with Gasteiger partial charge in [-0.15, -0.1) is 0 Å². The zero-order valence-electron chi connectivity index (χ0n) is 15.9. The molecule has 0 bridgehead atoms. The fourth-order valence-corrected chi connectivity index (χ4v) is 3.78. The highest BCUT2D eigenvalue weighted by atomic mass is 16.2. The molecule has 2 nitrogen and oxygen atoms in total. The summed E-state index contributed by atoms with van der Waals surface area (Å²) in [5.74, 6) is -0.464. The van der Waals surface area contributed by atoms with Crippen LogP contribution in [0.15, 0.2) is 121 Å². The van der Waals surface area contributed by atoms with E-state index in [1.165, 1.54) is 0 Å². The first-order valence-electron chi connectivity index (χ1n) is 9.55. The van der Waals surface area contributed by atoms with Gasteiger partial charge in [0.15, 0.2) is 11.6 Å². The van der Waals surface area contributed by atoms with Gasteiger partial charge in [0, 0.05) is 11.1 Å². The van der Waals surface area contributed by atoms with Crippen molar-refractivity contribution in [3.05, 3.63) is 144 Å². The van der Waals surface area contributed by atoms with Gasteiger partial charge in [0.2, 0.25) is 0 Å². The lowest BCUT2D eigenvalue weighted by Gasteiger charge is -2.32. The summed E-state index contributed by atoms with van der Waals surface area (Å²) in [4.78, 5) is 28.1. The number of benzene rings is 4. The first kappa shape index (κ1) is 18.6. The third-order valence-electron chi connectivity index (χ3n) is 5.17. The lowest BCUT2D eigenvalue weighted by molar-refractivity contribution is 0.0797. The minimum atomic E-state index is -1.47. The molecule has 0 aliphatic rings. The van der Waals surface area contributed by atoms with E-state index in [0.29, 0.717) is 22.3 Å². The maximum Gasteiger partial charge on any atom is 0.185 e. The predicted molar refractivity (Wildman–Crippen MR) is 115 cm³/mol. The SMILES string of the molecule is O=C(c1ccccc1)C(C(=O)c1ccccc1)(c1ccccc1)c1ccccc1. The predicted octanol–water partition coefficient (Wildman–Crippen LogP) is 5.74. The van der Waals surface area contributed by atoms with E-state index in [1.54, 1.807) is 24.3 Å². The second-order valence-corrected chi connectivity index (χ2v) is 6.87. The fourth-order valence-electron chi connectivity index (χ4n) is 3.78. The Hall–Kier alpha value is -3.78. The molecule has 0 N–H and O–H groups in total. The highest BCUT2D eigenvalue weighted by Crippen LogP contribution is 2.39. The molecule has 4 aromatic rings. The first-order chi connectivity index (χ1) is 14.2. The highest BCUT2D eigenvalue weighted by molar-refractivity contribution is 6.26. The van der Waals surface area contributed by atoms with Gasteiger partial charge < -0.3 is 0 Å². The van der Waals surface area contributed by atoms with Crippen molar-refractivity contribution in [2.45, 2.75) is 5.41 Å². The van der Waals surface area contributed by atoms with E-state index in [0.717, 1.165) is 0 Å². The molecule has 0 aromatic heterocycles. The lowest BCUT2D eigenvalue weighted by Crippen LogP contribution is -2.45. The van der Waals surface area contributed by atoms with E-state index in [2.05, 4.69) is 0 Å². The summed E-state index contributed by atoms with van der Waals surface area (Å²) in [7, 11) is 0. The Bertz CT molecular complexity index is 1010. The monoisotopic (exact) mass is 376 g/mol. The van der Waals surface area contributed by atoms with Crippen molar-refractivity contribution < 1.29 is 9.59 Å². The summed E-state index contributed by atoms with van der Waals surface area (Å²) in [6.45, 7) is 0. The summed E-state index contributed by atoms with van der Waals surface area (Å²) in [5.41, 5.74) is 0.863. The van der Waals surface area contributed by atoms with Crippen LogP contribution in [0.2, 0.25) is 0 Å². The zero-order chi connectivity index (χ0) is 20.1. The molecule has 0 aliphatic carbocycles. The Kier molecular flexibility index (Phi) is 5.17. The van der Waals surface area contributed by atoms with Crippen LogP contribution < -0.4 is 0 Å². The van der Waals surface area contributed by atoms with Crippen LogP contribution in [-0.4, -0.2) is 11.6 Å².